The molecule has 0 N–H and O–H groups in total. The van der Waals surface area contributed by atoms with Crippen molar-refractivity contribution in [3.63, 3.8) is 0 Å². The van der Waals surface area contributed by atoms with E-state index in [1.54, 1.807) is 10.8 Å². The van der Waals surface area contributed by atoms with Crippen LogP contribution in [0.4, 0.5) is 0 Å². The molecule has 0 radical (unpaired) electrons. The second kappa shape index (κ2) is 4.41. The van der Waals surface area contributed by atoms with Crippen LogP contribution >= 0.6 is 19.9 Å². The topological polar surface area (TPSA) is 47.6 Å². The van der Waals surface area contributed by atoms with Crippen molar-refractivity contribution >= 4 is 19.9 Å². The van der Waals surface area contributed by atoms with Gasteiger partial charge in [0.05, 0.1) is 11.6 Å². The van der Waals surface area contributed by atoms with Gasteiger partial charge in [0.1, 0.15) is 5.40 Å². The Balaban J connectivity index is 2.41. The highest BCUT2D eigenvalue weighted by molar-refractivity contribution is 8.96. The highest BCUT2D eigenvalue weighted by Crippen LogP contribution is 2.70. The molecule has 82 valence electrons. The molecule has 0 spiro atoms. The molecule has 1 aromatic rings. The smallest absolute Gasteiger partial charge is 0.123 e. The zero-order valence-electron chi connectivity index (χ0n) is 9.06. The lowest BCUT2D eigenvalue weighted by Gasteiger charge is -2.24. The van der Waals surface area contributed by atoms with Crippen LogP contribution in [0.5, 0.6) is 0 Å². The Labute approximate surface area is 101 Å². The van der Waals surface area contributed by atoms with Gasteiger partial charge in [-0.05, 0) is 29.9 Å². The number of rotatable bonds is 2. The van der Waals surface area contributed by atoms with Crippen LogP contribution in [0, 0.1) is 22.0 Å². The number of benzene rings is 1. The summed E-state index contributed by atoms with van der Waals surface area (Å²) in [5.74, 6) is 1.76. The molecule has 0 aromatic heterocycles. The average molecular weight is 248 g/mol. The van der Waals surface area contributed by atoms with Crippen LogP contribution in [0.2, 0.25) is 0 Å². The Hall–Kier alpha value is -1.10. The van der Waals surface area contributed by atoms with E-state index >= 15 is 0 Å². The summed E-state index contributed by atoms with van der Waals surface area (Å²) in [7, 11) is 0.439. The van der Waals surface area contributed by atoms with Crippen molar-refractivity contribution in [1.29, 1.82) is 10.5 Å². The van der Waals surface area contributed by atoms with Gasteiger partial charge in [-0.2, -0.15) is 10.5 Å². The third-order valence-corrected chi connectivity index (χ3v) is 8.19. The van der Waals surface area contributed by atoms with E-state index in [9.17, 15) is 5.26 Å². The van der Waals surface area contributed by atoms with Crippen molar-refractivity contribution in [2.45, 2.75) is 24.0 Å². The summed E-state index contributed by atoms with van der Waals surface area (Å²) >= 11 is 0. The molecule has 1 heterocycles. The summed E-state index contributed by atoms with van der Waals surface area (Å²) in [6.45, 7) is 2.11. The van der Waals surface area contributed by atoms with Crippen LogP contribution in [-0.4, -0.2) is 5.75 Å². The first kappa shape index (κ1) is 11.4. The third-order valence-electron chi connectivity index (χ3n) is 2.58. The van der Waals surface area contributed by atoms with Gasteiger partial charge in [-0.3, -0.25) is 0 Å². The maximum absolute atomic E-state index is 9.37. The van der Waals surface area contributed by atoms with Crippen molar-refractivity contribution in [3.8, 4) is 11.5 Å². The minimum atomic E-state index is -1.27. The standard InChI is InChI=1S/C12H12N2S2/c1-2-6-16(9-14)8-11-10(7-13)4-3-5-12(11)15-16/h3-5H,2,6,8H2,1H3. The molecule has 0 saturated heterocycles. The summed E-state index contributed by atoms with van der Waals surface area (Å²) in [5.41, 5.74) is 1.84. The number of fused-ring (bicyclic) bond motifs is 1. The van der Waals surface area contributed by atoms with Gasteiger partial charge in [0.25, 0.3) is 0 Å². The summed E-state index contributed by atoms with van der Waals surface area (Å²) in [4.78, 5) is 1.14. The maximum Gasteiger partial charge on any atom is 0.123 e. The van der Waals surface area contributed by atoms with Crippen LogP contribution in [0.3, 0.4) is 0 Å². The molecular formula is C12H12N2S2. The van der Waals surface area contributed by atoms with E-state index in [4.69, 9.17) is 5.26 Å². The Morgan fingerprint density at radius 1 is 1.44 bits per heavy atom. The largest absolute Gasteiger partial charge is 0.192 e. The maximum atomic E-state index is 9.37. The van der Waals surface area contributed by atoms with Crippen molar-refractivity contribution in [2.75, 3.05) is 5.75 Å². The lowest BCUT2D eigenvalue weighted by molar-refractivity contribution is 1.10. The van der Waals surface area contributed by atoms with Gasteiger partial charge in [0.2, 0.25) is 0 Å². The number of nitriles is 2. The quantitative estimate of drug-likeness (QED) is 0.591. The first-order chi connectivity index (χ1) is 7.74. The van der Waals surface area contributed by atoms with E-state index in [2.05, 4.69) is 18.4 Å². The van der Waals surface area contributed by atoms with Crippen molar-refractivity contribution in [3.05, 3.63) is 29.3 Å². The van der Waals surface area contributed by atoms with Crippen molar-refractivity contribution < 1.29 is 0 Å². The fourth-order valence-electron chi connectivity index (χ4n) is 1.87. The Morgan fingerprint density at radius 2 is 2.25 bits per heavy atom. The van der Waals surface area contributed by atoms with Gasteiger partial charge >= 0.3 is 0 Å². The summed E-state index contributed by atoms with van der Waals surface area (Å²) in [6.07, 6.45) is 1.03. The minimum absolute atomic E-state index is 0.741. The molecule has 2 rings (SSSR count). The van der Waals surface area contributed by atoms with E-state index in [1.807, 2.05) is 18.2 Å². The van der Waals surface area contributed by atoms with E-state index in [-0.39, 0.29) is 0 Å². The molecule has 0 amide bonds. The second-order valence-corrected chi connectivity index (χ2v) is 9.25. The predicted molar refractivity (Wildman–Crippen MR) is 69.1 cm³/mol. The number of hydrogen-bond donors (Lipinski definition) is 0. The molecule has 4 heteroatoms. The van der Waals surface area contributed by atoms with Gasteiger partial charge in [-0.1, -0.05) is 32.8 Å². The Kier molecular flexibility index (Phi) is 3.14. The van der Waals surface area contributed by atoms with Crippen molar-refractivity contribution in [1.82, 2.24) is 0 Å². The number of hydrogen-bond acceptors (Lipinski definition) is 3. The van der Waals surface area contributed by atoms with Gasteiger partial charge in [0.15, 0.2) is 0 Å². The molecule has 0 bridgehead atoms. The Bertz CT molecular complexity index is 499. The normalized spacial score (nSPS) is 26.2. The minimum Gasteiger partial charge on any atom is -0.192 e. The van der Waals surface area contributed by atoms with E-state index in [0.717, 1.165) is 33.9 Å². The predicted octanol–water partition coefficient (Wildman–Crippen LogP) is 3.77. The number of nitrogens with zero attached hydrogens (tertiary/aromatic N) is 2. The van der Waals surface area contributed by atoms with Crippen LogP contribution in [-0.2, 0) is 5.75 Å². The van der Waals surface area contributed by atoms with Crippen LogP contribution in [0.1, 0.15) is 24.5 Å². The number of thiocyanates is 1. The first-order valence-corrected chi connectivity index (χ1v) is 8.46. The molecule has 1 atom stereocenters. The van der Waals surface area contributed by atoms with Gasteiger partial charge in [-0.15, -0.1) is 0 Å². The van der Waals surface area contributed by atoms with Crippen LogP contribution < -0.4 is 0 Å². The molecular weight excluding hydrogens is 236 g/mol. The van der Waals surface area contributed by atoms with E-state index in [0.29, 0.717) is 0 Å². The zero-order valence-corrected chi connectivity index (χ0v) is 10.7. The van der Waals surface area contributed by atoms with Crippen LogP contribution in [0.25, 0.3) is 0 Å². The summed E-state index contributed by atoms with van der Waals surface area (Å²) < 4.78 is 0. The monoisotopic (exact) mass is 248 g/mol. The zero-order chi connectivity index (χ0) is 11.6. The molecule has 1 aromatic carbocycles. The lowest BCUT2D eigenvalue weighted by Crippen LogP contribution is -1.96. The summed E-state index contributed by atoms with van der Waals surface area (Å²) in [5, 5.41) is 20.9. The molecule has 2 nitrogen and oxygen atoms in total. The Morgan fingerprint density at radius 3 is 2.88 bits per heavy atom. The fraction of sp³-hybridized carbons (Fsp3) is 0.333. The highest BCUT2D eigenvalue weighted by atomic mass is 33.2. The molecule has 1 aliphatic heterocycles. The third kappa shape index (κ3) is 1.80. The molecule has 1 unspecified atom stereocenters. The lowest BCUT2D eigenvalue weighted by atomic mass is 10.1. The fourth-order valence-corrected chi connectivity index (χ4v) is 7.53. The second-order valence-electron chi connectivity index (χ2n) is 3.73. The van der Waals surface area contributed by atoms with Crippen molar-refractivity contribution in [2.24, 2.45) is 0 Å². The highest BCUT2D eigenvalue weighted by Gasteiger charge is 2.34. The molecule has 16 heavy (non-hydrogen) atoms. The average Bonchev–Trinajstić information content (AvgIpc) is 2.68. The molecule has 0 fully saturated rings. The summed E-state index contributed by atoms with van der Waals surface area (Å²) in [6, 6.07) is 8.00. The van der Waals surface area contributed by atoms with Gasteiger partial charge in [-0.25, -0.2) is 0 Å². The van der Waals surface area contributed by atoms with Gasteiger partial charge in [0, 0.05) is 10.6 Å². The van der Waals surface area contributed by atoms with E-state index in [1.165, 1.54) is 0 Å². The molecule has 0 saturated carbocycles. The van der Waals surface area contributed by atoms with E-state index < -0.39 is 9.06 Å². The molecule has 0 aliphatic carbocycles. The van der Waals surface area contributed by atoms with Gasteiger partial charge < -0.3 is 0 Å². The SMILES string of the molecule is CCCS1(C#N)Cc2c(C#N)cccc2S1. The van der Waals surface area contributed by atoms with Crippen LogP contribution in [0.15, 0.2) is 23.1 Å². The molecule has 1 aliphatic rings. The first-order valence-electron chi connectivity index (χ1n) is 5.15.